The van der Waals surface area contributed by atoms with E-state index in [4.69, 9.17) is 0 Å². The first-order valence-electron chi connectivity index (χ1n) is 12.3. The third-order valence-electron chi connectivity index (χ3n) is 6.14. The van der Waals surface area contributed by atoms with Gasteiger partial charge < -0.3 is 25.9 Å². The van der Waals surface area contributed by atoms with Gasteiger partial charge in [0.2, 0.25) is 17.7 Å². The second kappa shape index (κ2) is 11.1. The van der Waals surface area contributed by atoms with Gasteiger partial charge in [-0.3, -0.25) is 14.4 Å². The van der Waals surface area contributed by atoms with Crippen LogP contribution in [0.4, 0.5) is 0 Å². The second-order valence-electron chi connectivity index (χ2n) is 9.61. The van der Waals surface area contributed by atoms with Crippen LogP contribution in [-0.4, -0.2) is 39.9 Å². The highest BCUT2D eigenvalue weighted by molar-refractivity contribution is 5.90. The molecule has 0 aliphatic rings. The van der Waals surface area contributed by atoms with Gasteiger partial charge in [-0.1, -0.05) is 50.2 Å². The summed E-state index contributed by atoms with van der Waals surface area (Å²) in [5.74, 6) is -0.623. The van der Waals surface area contributed by atoms with Gasteiger partial charge in [0, 0.05) is 60.4 Å². The van der Waals surface area contributed by atoms with Gasteiger partial charge in [-0.05, 0) is 29.2 Å². The minimum absolute atomic E-state index is 0.163. The highest BCUT2D eigenvalue weighted by Gasteiger charge is 2.26. The first-order valence-corrected chi connectivity index (χ1v) is 12.3. The zero-order valence-corrected chi connectivity index (χ0v) is 20.9. The van der Waals surface area contributed by atoms with Gasteiger partial charge in [-0.15, -0.1) is 0 Å². The van der Waals surface area contributed by atoms with Gasteiger partial charge >= 0.3 is 0 Å². The molecule has 0 fully saturated rings. The topological polar surface area (TPSA) is 119 Å². The van der Waals surface area contributed by atoms with E-state index >= 15 is 0 Å². The predicted molar refractivity (Wildman–Crippen MR) is 141 cm³/mol. The van der Waals surface area contributed by atoms with Crippen LogP contribution in [0.15, 0.2) is 60.9 Å². The molecule has 0 aliphatic heterocycles. The fourth-order valence-electron chi connectivity index (χ4n) is 4.53. The zero-order chi connectivity index (χ0) is 25.7. The van der Waals surface area contributed by atoms with Crippen molar-refractivity contribution in [1.29, 1.82) is 0 Å². The molecule has 3 amide bonds. The number of H-pyrrole nitrogens is 2. The maximum Gasteiger partial charge on any atom is 0.244 e. The third kappa shape index (κ3) is 6.13. The van der Waals surface area contributed by atoms with Gasteiger partial charge in [0.1, 0.15) is 12.2 Å². The quantitative estimate of drug-likeness (QED) is 0.220. The predicted octanol–water partition coefficient (Wildman–Crippen LogP) is 3.54. The maximum atomic E-state index is 13.5. The maximum absolute atomic E-state index is 13.5. The Labute approximate surface area is 210 Å². The number of amides is 3. The van der Waals surface area contributed by atoms with E-state index in [1.54, 1.807) is 0 Å². The summed E-state index contributed by atoms with van der Waals surface area (Å²) in [6.45, 7) is 5.34. The number of carbonyl (C=O) groups is 3. The number of benzene rings is 2. The molecule has 2 aromatic carbocycles. The second-order valence-corrected chi connectivity index (χ2v) is 9.61. The Hall–Kier alpha value is -4.07. The highest BCUT2D eigenvalue weighted by Crippen LogP contribution is 2.21. The standard InChI is InChI=1S/C28H33N5O3/c1-17(2)12-27(35)32-25(13-19-15-29-23-10-6-4-8-21(19)23)28(36)33-26(31-18(3)34)14-20-16-30-24-11-7-5-9-22(20)24/h4-11,15-17,25-26,29-30H,12-14H2,1-3H3,(H,31,34)(H,32,35)(H,33,36)/t25-,26+/m1/s1. The van der Waals surface area contributed by atoms with Gasteiger partial charge in [0.15, 0.2) is 0 Å². The number of hydrogen-bond acceptors (Lipinski definition) is 3. The van der Waals surface area contributed by atoms with Crippen molar-refractivity contribution >= 4 is 39.5 Å². The number of para-hydroxylation sites is 2. The van der Waals surface area contributed by atoms with E-state index in [1.807, 2.05) is 74.8 Å². The molecule has 2 atom stereocenters. The van der Waals surface area contributed by atoms with E-state index in [-0.39, 0.29) is 23.6 Å². The summed E-state index contributed by atoms with van der Waals surface area (Å²) in [6.07, 6.45) is 4.16. The van der Waals surface area contributed by atoms with Crippen molar-refractivity contribution in [3.05, 3.63) is 72.1 Å². The average molecular weight is 488 g/mol. The van der Waals surface area contributed by atoms with E-state index in [0.717, 1.165) is 32.9 Å². The number of aromatic amines is 2. The molecule has 0 spiro atoms. The Bertz CT molecular complexity index is 1370. The number of aromatic nitrogens is 2. The van der Waals surface area contributed by atoms with E-state index in [1.165, 1.54) is 6.92 Å². The zero-order valence-electron chi connectivity index (χ0n) is 20.9. The van der Waals surface area contributed by atoms with Crippen molar-refractivity contribution in [3.63, 3.8) is 0 Å². The van der Waals surface area contributed by atoms with Gasteiger partial charge in [-0.2, -0.15) is 0 Å². The number of nitrogens with one attached hydrogen (secondary N) is 5. The van der Waals surface area contributed by atoms with Gasteiger partial charge in [-0.25, -0.2) is 0 Å². The molecular weight excluding hydrogens is 454 g/mol. The van der Waals surface area contributed by atoms with Crippen molar-refractivity contribution in [2.24, 2.45) is 5.92 Å². The molecule has 2 aromatic heterocycles. The van der Waals surface area contributed by atoms with E-state index < -0.39 is 12.2 Å². The monoisotopic (exact) mass is 487 g/mol. The van der Waals surface area contributed by atoms with Gasteiger partial charge in [0.25, 0.3) is 0 Å². The lowest BCUT2D eigenvalue weighted by molar-refractivity contribution is -0.130. The lowest BCUT2D eigenvalue weighted by Crippen LogP contribution is -2.55. The molecule has 0 saturated carbocycles. The van der Waals surface area contributed by atoms with Crippen molar-refractivity contribution in [3.8, 4) is 0 Å². The summed E-state index contributed by atoms with van der Waals surface area (Å²) < 4.78 is 0. The molecule has 8 heteroatoms. The van der Waals surface area contributed by atoms with Crippen LogP contribution in [0.25, 0.3) is 21.8 Å². The van der Waals surface area contributed by atoms with Crippen LogP contribution in [-0.2, 0) is 27.2 Å². The molecule has 4 rings (SSSR count). The molecule has 0 aliphatic carbocycles. The average Bonchev–Trinajstić information content (AvgIpc) is 3.42. The van der Waals surface area contributed by atoms with Crippen molar-refractivity contribution < 1.29 is 14.4 Å². The van der Waals surface area contributed by atoms with Crippen LogP contribution in [0.1, 0.15) is 38.3 Å². The first-order chi connectivity index (χ1) is 17.3. The lowest BCUT2D eigenvalue weighted by Gasteiger charge is -2.24. The molecule has 2 heterocycles. The van der Waals surface area contributed by atoms with E-state index in [2.05, 4.69) is 25.9 Å². The third-order valence-corrected chi connectivity index (χ3v) is 6.14. The normalized spacial score (nSPS) is 13.0. The van der Waals surface area contributed by atoms with Crippen LogP contribution in [0.3, 0.4) is 0 Å². The summed E-state index contributed by atoms with van der Waals surface area (Å²) in [5.41, 5.74) is 3.86. The number of hydrogen-bond donors (Lipinski definition) is 5. The molecule has 188 valence electrons. The van der Waals surface area contributed by atoms with Crippen LogP contribution in [0, 0.1) is 5.92 Å². The lowest BCUT2D eigenvalue weighted by atomic mass is 10.0. The molecule has 0 saturated heterocycles. The van der Waals surface area contributed by atoms with Crippen LogP contribution >= 0.6 is 0 Å². The number of fused-ring (bicyclic) bond motifs is 2. The van der Waals surface area contributed by atoms with Crippen molar-refractivity contribution in [2.75, 3.05) is 0 Å². The molecular formula is C28H33N5O3. The molecule has 0 bridgehead atoms. The van der Waals surface area contributed by atoms with Crippen molar-refractivity contribution in [2.45, 2.75) is 52.2 Å². The van der Waals surface area contributed by atoms with Crippen LogP contribution < -0.4 is 16.0 Å². The van der Waals surface area contributed by atoms with Gasteiger partial charge in [0.05, 0.1) is 0 Å². The Kier molecular flexibility index (Phi) is 7.73. The van der Waals surface area contributed by atoms with Crippen molar-refractivity contribution in [1.82, 2.24) is 25.9 Å². The Morgan fingerprint density at radius 1 is 0.778 bits per heavy atom. The molecule has 5 N–H and O–H groups in total. The Balaban J connectivity index is 1.56. The Morgan fingerprint density at radius 2 is 1.33 bits per heavy atom. The highest BCUT2D eigenvalue weighted by atomic mass is 16.2. The summed E-state index contributed by atoms with van der Waals surface area (Å²) in [4.78, 5) is 44.6. The fraction of sp³-hybridized carbons (Fsp3) is 0.321. The van der Waals surface area contributed by atoms with Crippen LogP contribution in [0.5, 0.6) is 0 Å². The summed E-state index contributed by atoms with van der Waals surface area (Å²) in [7, 11) is 0. The molecule has 36 heavy (non-hydrogen) atoms. The minimum atomic E-state index is -0.797. The molecule has 8 nitrogen and oxygen atoms in total. The molecule has 0 unspecified atom stereocenters. The smallest absolute Gasteiger partial charge is 0.244 e. The van der Waals surface area contributed by atoms with Crippen LogP contribution in [0.2, 0.25) is 0 Å². The molecule has 0 radical (unpaired) electrons. The summed E-state index contributed by atoms with van der Waals surface area (Å²) in [5, 5.41) is 10.7. The fourth-order valence-corrected chi connectivity index (χ4v) is 4.53. The SMILES string of the molecule is CC(=O)N[C@H](Cc1c[nH]c2ccccc12)NC(=O)[C@@H](Cc1c[nH]c2ccccc12)NC(=O)CC(C)C. The first kappa shape index (κ1) is 25.0. The van der Waals surface area contributed by atoms with E-state index in [9.17, 15) is 14.4 Å². The molecule has 4 aromatic rings. The Morgan fingerprint density at radius 3 is 1.89 bits per heavy atom. The number of rotatable bonds is 10. The summed E-state index contributed by atoms with van der Waals surface area (Å²) >= 11 is 0. The number of carbonyl (C=O) groups excluding carboxylic acids is 3. The summed E-state index contributed by atoms with van der Waals surface area (Å²) in [6, 6.07) is 14.9. The minimum Gasteiger partial charge on any atom is -0.361 e. The van der Waals surface area contributed by atoms with E-state index in [0.29, 0.717) is 19.3 Å². The largest absolute Gasteiger partial charge is 0.361 e.